The molecule has 0 atom stereocenters. The molecule has 80 valence electrons. The molecule has 0 aliphatic rings. The maximum absolute atomic E-state index is 11.3. The van der Waals surface area contributed by atoms with Gasteiger partial charge in [-0.15, -0.1) is 13.2 Å². The molecule has 0 saturated heterocycles. The summed E-state index contributed by atoms with van der Waals surface area (Å²) in [5, 5.41) is 0. The monoisotopic (exact) mass is 197 g/mol. The van der Waals surface area contributed by atoms with Crippen LogP contribution in [0.25, 0.3) is 0 Å². The Labute approximate surface area is 86.0 Å². The minimum atomic E-state index is -0.205. The quantitative estimate of drug-likeness (QED) is 0.459. The van der Waals surface area contributed by atoms with E-state index < -0.39 is 0 Å². The van der Waals surface area contributed by atoms with E-state index in [-0.39, 0.29) is 18.6 Å². The highest BCUT2D eigenvalue weighted by atomic mass is 16.5. The SMILES string of the molecule is C=CCN(CC=C)CC(=O)OC(C)C. The summed E-state index contributed by atoms with van der Waals surface area (Å²) in [6.07, 6.45) is 3.45. The normalized spacial score (nSPS) is 10.3. The maximum Gasteiger partial charge on any atom is 0.320 e. The third kappa shape index (κ3) is 6.43. The van der Waals surface area contributed by atoms with Gasteiger partial charge in [-0.2, -0.15) is 0 Å². The van der Waals surface area contributed by atoms with Gasteiger partial charge in [0, 0.05) is 13.1 Å². The van der Waals surface area contributed by atoms with Gasteiger partial charge in [-0.1, -0.05) is 12.2 Å². The van der Waals surface area contributed by atoms with E-state index in [1.54, 1.807) is 12.2 Å². The fourth-order valence-corrected chi connectivity index (χ4v) is 1.05. The molecule has 3 nitrogen and oxygen atoms in total. The number of carbonyl (C=O) groups excluding carboxylic acids is 1. The molecule has 3 heteroatoms. The van der Waals surface area contributed by atoms with Crippen LogP contribution in [0, 0.1) is 0 Å². The molecule has 0 saturated carbocycles. The standard InChI is InChI=1S/C11H19NO2/c1-5-7-12(8-6-2)9-11(13)14-10(3)4/h5-6,10H,1-2,7-9H2,3-4H3. The summed E-state index contributed by atoms with van der Waals surface area (Å²) >= 11 is 0. The van der Waals surface area contributed by atoms with Crippen molar-refractivity contribution in [3.63, 3.8) is 0 Å². The summed E-state index contributed by atoms with van der Waals surface area (Å²) in [6.45, 7) is 12.5. The van der Waals surface area contributed by atoms with Crippen molar-refractivity contribution in [1.82, 2.24) is 4.90 Å². The molecule has 0 unspecified atom stereocenters. The van der Waals surface area contributed by atoms with Gasteiger partial charge in [-0.25, -0.2) is 0 Å². The average molecular weight is 197 g/mol. The van der Waals surface area contributed by atoms with E-state index in [1.807, 2.05) is 18.7 Å². The minimum absolute atomic E-state index is 0.0585. The van der Waals surface area contributed by atoms with Crippen LogP contribution in [0.4, 0.5) is 0 Å². The Morgan fingerprint density at radius 3 is 2.21 bits per heavy atom. The second-order valence-electron chi connectivity index (χ2n) is 3.31. The lowest BCUT2D eigenvalue weighted by Crippen LogP contribution is -2.32. The highest BCUT2D eigenvalue weighted by molar-refractivity contribution is 5.71. The number of hydrogen-bond acceptors (Lipinski definition) is 3. The van der Waals surface area contributed by atoms with Crippen molar-refractivity contribution >= 4 is 5.97 Å². The topological polar surface area (TPSA) is 29.5 Å². The van der Waals surface area contributed by atoms with Gasteiger partial charge in [0.05, 0.1) is 12.6 Å². The molecule has 0 radical (unpaired) electrons. The number of esters is 1. The molecule has 14 heavy (non-hydrogen) atoms. The highest BCUT2D eigenvalue weighted by Gasteiger charge is 2.10. The summed E-state index contributed by atoms with van der Waals surface area (Å²) in [6, 6.07) is 0. The van der Waals surface area contributed by atoms with Crippen LogP contribution in [0.3, 0.4) is 0 Å². The fraction of sp³-hybridized carbons (Fsp3) is 0.545. The third-order valence-electron chi connectivity index (χ3n) is 1.49. The van der Waals surface area contributed by atoms with Crippen molar-refractivity contribution in [1.29, 1.82) is 0 Å². The number of rotatable bonds is 7. The zero-order valence-electron chi connectivity index (χ0n) is 9.03. The van der Waals surface area contributed by atoms with Gasteiger partial charge >= 0.3 is 5.97 Å². The van der Waals surface area contributed by atoms with E-state index in [4.69, 9.17) is 4.74 Å². The van der Waals surface area contributed by atoms with Gasteiger partial charge in [0.1, 0.15) is 0 Å². The minimum Gasteiger partial charge on any atom is -0.462 e. The summed E-state index contributed by atoms with van der Waals surface area (Å²) in [4.78, 5) is 13.2. The number of nitrogens with zero attached hydrogens (tertiary/aromatic N) is 1. The molecule has 0 N–H and O–H groups in total. The molecular formula is C11H19NO2. The van der Waals surface area contributed by atoms with Crippen LogP contribution >= 0.6 is 0 Å². The molecule has 0 rings (SSSR count). The Balaban J connectivity index is 3.94. The zero-order chi connectivity index (χ0) is 11.0. The predicted octanol–water partition coefficient (Wildman–Crippen LogP) is 1.61. The number of hydrogen-bond donors (Lipinski definition) is 0. The van der Waals surface area contributed by atoms with Gasteiger partial charge in [0.15, 0.2) is 0 Å². The second-order valence-corrected chi connectivity index (χ2v) is 3.31. The maximum atomic E-state index is 11.3. The van der Waals surface area contributed by atoms with Gasteiger partial charge in [0.2, 0.25) is 0 Å². The Morgan fingerprint density at radius 1 is 1.36 bits per heavy atom. The van der Waals surface area contributed by atoms with Gasteiger partial charge in [0.25, 0.3) is 0 Å². The summed E-state index contributed by atoms with van der Waals surface area (Å²) < 4.78 is 5.02. The summed E-state index contributed by atoms with van der Waals surface area (Å²) in [7, 11) is 0. The van der Waals surface area contributed by atoms with E-state index in [0.717, 1.165) is 0 Å². The van der Waals surface area contributed by atoms with Crippen LogP contribution in [0.15, 0.2) is 25.3 Å². The van der Waals surface area contributed by atoms with Gasteiger partial charge in [-0.3, -0.25) is 9.69 Å². The van der Waals surface area contributed by atoms with Crippen LogP contribution in [0.2, 0.25) is 0 Å². The molecule has 0 spiro atoms. The van der Waals surface area contributed by atoms with E-state index >= 15 is 0 Å². The van der Waals surface area contributed by atoms with Crippen LogP contribution in [0.1, 0.15) is 13.8 Å². The lowest BCUT2D eigenvalue weighted by Gasteiger charge is -2.18. The molecule has 0 heterocycles. The lowest BCUT2D eigenvalue weighted by atomic mass is 10.4. The van der Waals surface area contributed by atoms with Crippen LogP contribution in [-0.4, -0.2) is 36.6 Å². The molecule has 0 aromatic carbocycles. The van der Waals surface area contributed by atoms with E-state index in [0.29, 0.717) is 13.1 Å². The number of ether oxygens (including phenoxy) is 1. The molecule has 0 amide bonds. The van der Waals surface area contributed by atoms with E-state index in [2.05, 4.69) is 13.2 Å². The smallest absolute Gasteiger partial charge is 0.320 e. The zero-order valence-corrected chi connectivity index (χ0v) is 9.03. The van der Waals surface area contributed by atoms with Crippen molar-refractivity contribution in [3.8, 4) is 0 Å². The molecular weight excluding hydrogens is 178 g/mol. The lowest BCUT2D eigenvalue weighted by molar-refractivity contribution is -0.148. The van der Waals surface area contributed by atoms with Crippen molar-refractivity contribution in [2.45, 2.75) is 20.0 Å². The molecule has 0 bridgehead atoms. The van der Waals surface area contributed by atoms with Crippen molar-refractivity contribution in [2.75, 3.05) is 19.6 Å². The van der Waals surface area contributed by atoms with Crippen molar-refractivity contribution in [3.05, 3.63) is 25.3 Å². The average Bonchev–Trinajstić information content (AvgIpc) is 2.03. The van der Waals surface area contributed by atoms with Crippen molar-refractivity contribution < 1.29 is 9.53 Å². The fourth-order valence-electron chi connectivity index (χ4n) is 1.05. The van der Waals surface area contributed by atoms with E-state index in [1.165, 1.54) is 0 Å². The molecule has 0 aliphatic carbocycles. The first-order valence-corrected chi connectivity index (χ1v) is 4.73. The van der Waals surface area contributed by atoms with Crippen LogP contribution in [0.5, 0.6) is 0 Å². The molecule has 0 aromatic rings. The first kappa shape index (κ1) is 12.9. The molecule has 0 aromatic heterocycles. The number of carbonyl (C=O) groups is 1. The molecule has 0 fully saturated rings. The van der Waals surface area contributed by atoms with Crippen molar-refractivity contribution in [2.24, 2.45) is 0 Å². The van der Waals surface area contributed by atoms with Crippen LogP contribution in [-0.2, 0) is 9.53 Å². The Bertz CT molecular complexity index is 189. The second kappa shape index (κ2) is 7.33. The van der Waals surface area contributed by atoms with Crippen LogP contribution < -0.4 is 0 Å². The Kier molecular flexibility index (Phi) is 6.76. The Morgan fingerprint density at radius 2 is 1.86 bits per heavy atom. The third-order valence-corrected chi connectivity index (χ3v) is 1.49. The largest absolute Gasteiger partial charge is 0.462 e. The first-order chi connectivity index (χ1) is 6.60. The predicted molar refractivity (Wildman–Crippen MR) is 58.1 cm³/mol. The Hall–Kier alpha value is -1.09. The van der Waals surface area contributed by atoms with Gasteiger partial charge < -0.3 is 4.74 Å². The highest BCUT2D eigenvalue weighted by Crippen LogP contribution is 1.94. The first-order valence-electron chi connectivity index (χ1n) is 4.73. The molecule has 0 aliphatic heterocycles. The summed E-state index contributed by atoms with van der Waals surface area (Å²) in [5.41, 5.74) is 0. The van der Waals surface area contributed by atoms with E-state index in [9.17, 15) is 4.79 Å². The van der Waals surface area contributed by atoms with Gasteiger partial charge in [-0.05, 0) is 13.8 Å². The summed E-state index contributed by atoms with van der Waals surface area (Å²) in [5.74, 6) is -0.205.